The van der Waals surface area contributed by atoms with Crippen LogP contribution in [0.25, 0.3) is 0 Å². The summed E-state index contributed by atoms with van der Waals surface area (Å²) >= 11 is 0. The van der Waals surface area contributed by atoms with Gasteiger partial charge < -0.3 is 14.7 Å². The second-order valence-corrected chi connectivity index (χ2v) is 4.42. The van der Waals surface area contributed by atoms with Gasteiger partial charge in [-0.25, -0.2) is 13.6 Å². The van der Waals surface area contributed by atoms with Crippen LogP contribution in [0, 0.1) is 5.92 Å². The molecular formula is C10H13F2NO4. The van der Waals surface area contributed by atoms with Crippen LogP contribution in [0.4, 0.5) is 8.78 Å². The molecule has 0 aromatic rings. The zero-order chi connectivity index (χ0) is 12.6. The van der Waals surface area contributed by atoms with Gasteiger partial charge in [-0.2, -0.15) is 0 Å². The molecule has 1 aliphatic heterocycles. The Hall–Kier alpha value is -1.24. The highest BCUT2D eigenvalue weighted by Gasteiger charge is 2.51. The minimum Gasteiger partial charge on any atom is -0.480 e. The van der Waals surface area contributed by atoms with E-state index in [4.69, 9.17) is 9.84 Å². The van der Waals surface area contributed by atoms with E-state index in [1.54, 1.807) is 0 Å². The van der Waals surface area contributed by atoms with Gasteiger partial charge in [0.05, 0.1) is 13.2 Å². The van der Waals surface area contributed by atoms with E-state index >= 15 is 0 Å². The maximum atomic E-state index is 12.7. The molecule has 2 aliphatic rings. The number of morpholine rings is 1. The smallest absolute Gasteiger partial charge is 0.328 e. The van der Waals surface area contributed by atoms with E-state index in [2.05, 4.69) is 0 Å². The van der Waals surface area contributed by atoms with Crippen molar-refractivity contribution in [1.29, 1.82) is 0 Å². The fourth-order valence-corrected chi connectivity index (χ4v) is 2.14. The number of carbonyl (C=O) groups is 2. The fraction of sp³-hybridized carbons (Fsp3) is 0.800. The molecule has 1 heterocycles. The molecule has 2 rings (SSSR count). The van der Waals surface area contributed by atoms with Gasteiger partial charge in [-0.05, 0) is 0 Å². The maximum Gasteiger partial charge on any atom is 0.328 e. The molecule has 1 unspecified atom stereocenters. The average Bonchev–Trinajstić information content (AvgIpc) is 2.24. The summed E-state index contributed by atoms with van der Waals surface area (Å²) < 4.78 is 30.3. The number of hydrogen-bond acceptors (Lipinski definition) is 3. The van der Waals surface area contributed by atoms with E-state index < -0.39 is 42.6 Å². The Morgan fingerprint density at radius 3 is 2.53 bits per heavy atom. The summed E-state index contributed by atoms with van der Waals surface area (Å²) in [4.78, 5) is 23.9. The molecular weight excluding hydrogens is 236 g/mol. The first-order chi connectivity index (χ1) is 7.91. The first-order valence-electron chi connectivity index (χ1n) is 5.39. The van der Waals surface area contributed by atoms with Crippen molar-refractivity contribution in [2.45, 2.75) is 24.8 Å². The summed E-state index contributed by atoms with van der Waals surface area (Å²) in [6.45, 7) is 0.320. The number of carboxylic acids is 1. The number of rotatable bonds is 2. The molecule has 1 aliphatic carbocycles. The molecule has 0 aromatic carbocycles. The van der Waals surface area contributed by atoms with Crippen LogP contribution in [0.2, 0.25) is 0 Å². The fourth-order valence-electron chi connectivity index (χ4n) is 2.14. The summed E-state index contributed by atoms with van der Waals surface area (Å²) in [6, 6.07) is -1.05. The number of amides is 1. The van der Waals surface area contributed by atoms with Crippen molar-refractivity contribution in [3.8, 4) is 0 Å². The van der Waals surface area contributed by atoms with Crippen molar-refractivity contribution < 1.29 is 28.2 Å². The molecule has 96 valence electrons. The van der Waals surface area contributed by atoms with Crippen LogP contribution in [-0.4, -0.2) is 53.6 Å². The number of alkyl halides is 2. The summed E-state index contributed by atoms with van der Waals surface area (Å²) in [5.74, 6) is -5.17. The highest BCUT2D eigenvalue weighted by Crippen LogP contribution is 2.43. The molecule has 1 N–H and O–H groups in total. The van der Waals surface area contributed by atoms with Crippen molar-refractivity contribution in [3.63, 3.8) is 0 Å². The predicted molar refractivity (Wildman–Crippen MR) is 51.6 cm³/mol. The Bertz CT molecular complexity index is 339. The standard InChI is InChI=1S/C10H13F2NO4/c11-10(12)3-6(4-10)8(14)13-1-2-17-5-7(13)9(15)16/h6-7H,1-5H2,(H,15,16). The highest BCUT2D eigenvalue weighted by atomic mass is 19.3. The van der Waals surface area contributed by atoms with Gasteiger partial charge in [0, 0.05) is 25.3 Å². The minimum atomic E-state index is -2.77. The maximum absolute atomic E-state index is 12.7. The molecule has 1 saturated heterocycles. The van der Waals surface area contributed by atoms with E-state index in [1.807, 2.05) is 0 Å². The average molecular weight is 249 g/mol. The Morgan fingerprint density at radius 2 is 2.00 bits per heavy atom. The van der Waals surface area contributed by atoms with E-state index in [0.29, 0.717) is 0 Å². The Morgan fingerprint density at radius 1 is 1.35 bits per heavy atom. The molecule has 7 heteroatoms. The lowest BCUT2D eigenvalue weighted by Crippen LogP contribution is -2.56. The summed E-state index contributed by atoms with van der Waals surface area (Å²) in [5.41, 5.74) is 0. The van der Waals surface area contributed by atoms with Crippen LogP contribution < -0.4 is 0 Å². The Kier molecular flexibility index (Phi) is 3.03. The van der Waals surface area contributed by atoms with Gasteiger partial charge in [-0.15, -0.1) is 0 Å². The van der Waals surface area contributed by atoms with Crippen LogP contribution >= 0.6 is 0 Å². The Balaban J connectivity index is 2.00. The third-order valence-electron chi connectivity index (χ3n) is 3.14. The van der Waals surface area contributed by atoms with E-state index in [9.17, 15) is 18.4 Å². The zero-order valence-electron chi connectivity index (χ0n) is 9.07. The summed E-state index contributed by atoms with van der Waals surface area (Å²) in [7, 11) is 0. The molecule has 0 bridgehead atoms. The summed E-state index contributed by atoms with van der Waals surface area (Å²) in [6.07, 6.45) is -0.953. The topological polar surface area (TPSA) is 66.8 Å². The molecule has 17 heavy (non-hydrogen) atoms. The zero-order valence-corrected chi connectivity index (χ0v) is 9.07. The van der Waals surface area contributed by atoms with Gasteiger partial charge in [-0.3, -0.25) is 4.79 Å². The van der Waals surface area contributed by atoms with Crippen molar-refractivity contribution in [3.05, 3.63) is 0 Å². The van der Waals surface area contributed by atoms with Gasteiger partial charge in [0.15, 0.2) is 6.04 Å². The van der Waals surface area contributed by atoms with E-state index in [0.717, 1.165) is 4.90 Å². The van der Waals surface area contributed by atoms with Gasteiger partial charge in [0.2, 0.25) is 11.8 Å². The van der Waals surface area contributed by atoms with Crippen molar-refractivity contribution >= 4 is 11.9 Å². The quantitative estimate of drug-likeness (QED) is 0.766. The highest BCUT2D eigenvalue weighted by molar-refractivity contribution is 5.86. The molecule has 1 atom stereocenters. The molecule has 5 nitrogen and oxygen atoms in total. The number of aliphatic carboxylic acids is 1. The van der Waals surface area contributed by atoms with E-state index in [1.165, 1.54) is 0 Å². The normalized spacial score (nSPS) is 28.6. The molecule has 0 aromatic heterocycles. The lowest BCUT2D eigenvalue weighted by molar-refractivity contribution is -0.173. The van der Waals surface area contributed by atoms with Crippen LogP contribution in [0.15, 0.2) is 0 Å². The van der Waals surface area contributed by atoms with Gasteiger partial charge >= 0.3 is 5.97 Å². The third-order valence-corrected chi connectivity index (χ3v) is 3.14. The van der Waals surface area contributed by atoms with Gasteiger partial charge in [0.25, 0.3) is 0 Å². The number of hydrogen-bond donors (Lipinski definition) is 1. The van der Waals surface area contributed by atoms with Gasteiger partial charge in [0.1, 0.15) is 0 Å². The van der Waals surface area contributed by atoms with Crippen LogP contribution in [0.1, 0.15) is 12.8 Å². The van der Waals surface area contributed by atoms with Crippen LogP contribution in [0.5, 0.6) is 0 Å². The third kappa shape index (κ3) is 2.38. The predicted octanol–water partition coefficient (Wildman–Crippen LogP) is 0.344. The molecule has 2 fully saturated rings. The first-order valence-corrected chi connectivity index (χ1v) is 5.39. The lowest BCUT2D eigenvalue weighted by Gasteiger charge is -2.40. The number of ether oxygens (including phenoxy) is 1. The van der Waals surface area contributed by atoms with Crippen molar-refractivity contribution in [1.82, 2.24) is 4.90 Å². The van der Waals surface area contributed by atoms with Crippen molar-refractivity contribution in [2.75, 3.05) is 19.8 Å². The van der Waals surface area contributed by atoms with E-state index in [-0.39, 0.29) is 19.8 Å². The second kappa shape index (κ2) is 4.21. The lowest BCUT2D eigenvalue weighted by atomic mass is 9.80. The van der Waals surface area contributed by atoms with Crippen molar-refractivity contribution in [2.24, 2.45) is 5.92 Å². The molecule has 1 saturated carbocycles. The van der Waals surface area contributed by atoms with Crippen LogP contribution in [-0.2, 0) is 14.3 Å². The summed E-state index contributed by atoms with van der Waals surface area (Å²) in [5, 5.41) is 8.91. The molecule has 1 amide bonds. The van der Waals surface area contributed by atoms with Crippen LogP contribution in [0.3, 0.4) is 0 Å². The SMILES string of the molecule is O=C(O)C1COCCN1C(=O)C1CC(F)(F)C1. The first kappa shape index (κ1) is 12.2. The minimum absolute atomic E-state index is 0.0792. The number of carboxylic acid groups (broad SMARTS) is 1. The van der Waals surface area contributed by atoms with Gasteiger partial charge in [-0.1, -0.05) is 0 Å². The molecule has 0 radical (unpaired) electrons. The monoisotopic (exact) mass is 249 g/mol. The second-order valence-electron chi connectivity index (χ2n) is 4.42. The Labute approximate surface area is 96.3 Å². The largest absolute Gasteiger partial charge is 0.480 e. The molecule has 0 spiro atoms. The number of carbonyl (C=O) groups excluding carboxylic acids is 1. The number of halogens is 2. The number of nitrogens with zero attached hydrogens (tertiary/aromatic N) is 1.